The van der Waals surface area contributed by atoms with E-state index in [4.69, 9.17) is 101 Å². The molecule has 8 aromatic rings. The summed E-state index contributed by atoms with van der Waals surface area (Å²) in [4.78, 5) is 25.3. The first-order valence-electron chi connectivity index (χ1n) is 54.6. The van der Waals surface area contributed by atoms with Crippen LogP contribution in [-0.4, -0.2) is 229 Å². The van der Waals surface area contributed by atoms with E-state index >= 15 is 0 Å². The van der Waals surface area contributed by atoms with E-state index in [0.29, 0.717) is 79.3 Å². The maximum Gasteiger partial charge on any atom is 1.00 e. The van der Waals surface area contributed by atoms with E-state index < -0.39 is 152 Å². The topological polar surface area (TPSA) is 288 Å². The number of aliphatic hydroxyl groups is 8. The number of carbonyl (C=O) groups is 2. The van der Waals surface area contributed by atoms with Crippen molar-refractivity contribution in [2.24, 2.45) is 0 Å². The van der Waals surface area contributed by atoms with Gasteiger partial charge in [0.1, 0.15) is 67.1 Å². The molecule has 4 heterocycles. The Bertz CT molecular complexity index is 5540. The van der Waals surface area contributed by atoms with Crippen molar-refractivity contribution in [3.05, 3.63) is 284 Å². The van der Waals surface area contributed by atoms with E-state index in [-0.39, 0.29) is 72.2 Å². The minimum absolute atomic E-state index is 0. The quantitative estimate of drug-likeness (QED) is 0.00841. The van der Waals surface area contributed by atoms with Gasteiger partial charge in [-0.25, -0.2) is 4.79 Å². The summed E-state index contributed by atoms with van der Waals surface area (Å²) in [5.74, 6) is 0.177. The van der Waals surface area contributed by atoms with Crippen LogP contribution in [0.5, 0.6) is 0 Å². The van der Waals surface area contributed by atoms with Gasteiger partial charge in [-0.1, -0.05) is 246 Å². The maximum atomic E-state index is 12.9. The van der Waals surface area contributed by atoms with E-state index in [1.807, 2.05) is 86.6 Å². The molecule has 16 rings (SSSR count). The number of ether oxygens (including phenoxy) is 6. The molecule has 8 aliphatic rings. The Kier molecular flexibility index (Phi) is 54.2. The molecular weight excluding hydrogens is 2190 g/mol. The van der Waals surface area contributed by atoms with Crippen LogP contribution in [0.1, 0.15) is 239 Å². The second kappa shape index (κ2) is 65.4. The van der Waals surface area contributed by atoms with Crippen LogP contribution in [0.4, 0.5) is 12.9 Å². The van der Waals surface area contributed by atoms with E-state index in [0.717, 1.165) is 54.6 Å². The number of carbonyl (C=O) groups excluding carboxylic acids is 2. The van der Waals surface area contributed by atoms with Gasteiger partial charge in [-0.3, -0.25) is 17.7 Å². The van der Waals surface area contributed by atoms with Gasteiger partial charge in [0.25, 0.3) is 0 Å². The standard InChI is InChI=1S/C23H27ClO6.C22H25ClO5.C18H42O6Si4.C16H12BrClO.C16H14BrCl.C6H16Si.C4H8O.C4H10O.C4H9.BF3.Li/c1-29-23(22(28)21(27)20(26)19(12-25)30-23)17-8-9-18(24)16(11-17)10-13-2-4-14(5-3-13)15-6-7-15;23-17-8-7-15(22-21(27)20(26)19(25)18(11-24)28-22)10-16(17)9-12-1-3-13(4-2-12)14-5-6-14;1-25(2,3)20-13-14-15(22-26(4,5)6)16(23-27(7,8)9)17(18(19)21-14)24-28(10,11)12;17-13-7-8-15(18)14(9-13)16(19)12-5-3-11(4-6-12)10-1-2-10;17-15-7-8-16(18)14(10-15)9-11-1-3-12(4-2-11)13-5-6-13;1-4-7(5-2)6-3;1-2-4-5-3-1;1-3-5-4-2;1-3-4-2;2-1(3)4;/h2-5,8-9,11,15,19-22,25-28H,6-7,10,12H2,1H3;1-4,7-8,10,14,18-22,24-27H,5-6,9,11H2;14-17H,13H2,1-12H3;3-10H,1-2H2;1-4,7-8,10,13H,5-6,9H2;7H,4-6H2,1-3H3;1-4H2;3-4H2,1-2H3;1,3-4H2,2H3;;/q;;;;;;;;-1;;+1/t19-,20-,21+,22-,23?;18-,19-,20+,21-,22+;14-,15-,16+,17-;;;;;;;;/m111......../s1/i10D2;9D2;;;9D2;;;;;;. The molecule has 4 saturated heterocycles. The van der Waals surface area contributed by atoms with Crippen LogP contribution in [-0.2, 0) is 75.8 Å². The van der Waals surface area contributed by atoms with Gasteiger partial charge in [0.15, 0.2) is 51.3 Å². The predicted octanol–water partition coefficient (Wildman–Crippen LogP) is 23.2. The first kappa shape index (κ1) is 123. The van der Waals surface area contributed by atoms with Crippen molar-refractivity contribution in [1.29, 1.82) is 0 Å². The van der Waals surface area contributed by atoms with Gasteiger partial charge in [-0.2, -0.15) is 6.42 Å². The summed E-state index contributed by atoms with van der Waals surface area (Å²) >= 11 is 31.7. The second-order valence-corrected chi connectivity index (χ2v) is 67.1. The molecule has 0 aromatic heterocycles. The molecule has 0 spiro atoms. The molecule has 36 heteroatoms. The number of ketones is 1. The molecule has 14 atom stereocenters. The van der Waals surface area contributed by atoms with Crippen LogP contribution in [0.2, 0.25) is 117 Å². The zero-order chi connectivity index (χ0) is 115. The van der Waals surface area contributed by atoms with Gasteiger partial charge < -0.3 is 93.9 Å². The fraction of sp³-hybridized carbons (Fsp3) is 0.549. The zero-order valence-corrected chi connectivity index (χ0v) is 102. The Hall–Kier alpha value is -4.12. The molecular formula is C113H163BBr2Cl4F3LiO20Si5. The molecule has 8 fully saturated rings. The van der Waals surface area contributed by atoms with Gasteiger partial charge in [-0.15, -0.1) is 0 Å². The summed E-state index contributed by atoms with van der Waals surface area (Å²) in [6.07, 6.45) is -5.65. The molecule has 149 heavy (non-hydrogen) atoms. The summed E-state index contributed by atoms with van der Waals surface area (Å²) < 4.78 is 140. The first-order chi connectivity index (χ1) is 72.2. The average molecular weight is 2360 g/mol. The van der Waals surface area contributed by atoms with Crippen molar-refractivity contribution in [3.63, 3.8) is 0 Å². The molecule has 0 amide bonds. The Morgan fingerprint density at radius 3 is 1.25 bits per heavy atom. The number of cyclic esters (lactones) is 1. The fourth-order valence-corrected chi connectivity index (χ4v) is 23.1. The predicted molar refractivity (Wildman–Crippen MR) is 612 cm³/mol. The van der Waals surface area contributed by atoms with Crippen LogP contribution in [0.25, 0.3) is 0 Å². The summed E-state index contributed by atoms with van der Waals surface area (Å²) in [5, 5.41) is 81.9. The minimum atomic E-state index is -3.67. The largest absolute Gasteiger partial charge is 1.00 e. The molecule has 4 saturated carbocycles. The number of hydrogen-bond donors (Lipinski definition) is 8. The molecule has 8 aromatic carbocycles. The van der Waals surface area contributed by atoms with Crippen LogP contribution in [0.15, 0.2) is 179 Å². The monoisotopic (exact) mass is 2360 g/mol. The van der Waals surface area contributed by atoms with Crippen LogP contribution >= 0.6 is 78.3 Å². The van der Waals surface area contributed by atoms with Gasteiger partial charge in [0.05, 0.1) is 24.8 Å². The third kappa shape index (κ3) is 46.0. The molecule has 4 aliphatic heterocycles. The third-order valence-corrected chi connectivity index (χ3v) is 34.5. The van der Waals surface area contributed by atoms with E-state index in [1.165, 1.54) is 136 Å². The van der Waals surface area contributed by atoms with Crippen LogP contribution in [0.3, 0.4) is 0 Å². The molecule has 4 aliphatic carbocycles. The van der Waals surface area contributed by atoms with E-state index in [1.54, 1.807) is 54.6 Å². The van der Waals surface area contributed by atoms with Gasteiger partial charge in [0.2, 0.25) is 5.79 Å². The smallest absolute Gasteiger partial charge is 0.455 e. The molecule has 822 valence electrons. The normalized spacial score (nSPS) is 23.7. The summed E-state index contributed by atoms with van der Waals surface area (Å²) in [5.41, 5.74) is 9.18. The number of halogens is 9. The molecule has 0 radical (unpaired) electrons. The second-order valence-electron chi connectivity index (χ2n) is 41.6. The maximum absolute atomic E-state index is 12.9. The average Bonchev–Trinajstić information content (AvgIpc) is 1.01. The van der Waals surface area contributed by atoms with Crippen molar-refractivity contribution < 1.29 is 137 Å². The van der Waals surface area contributed by atoms with Gasteiger partial charge in [-0.05, 0) is 315 Å². The van der Waals surface area contributed by atoms with Crippen LogP contribution in [0, 0.1) is 6.92 Å². The van der Waals surface area contributed by atoms with E-state index in [9.17, 15) is 63.4 Å². The van der Waals surface area contributed by atoms with E-state index in [2.05, 4.69) is 157 Å². The molecule has 8 N–H and O–H groups in total. The minimum Gasteiger partial charge on any atom is -0.455 e. The first-order valence-corrected chi connectivity index (χ1v) is 70.8. The van der Waals surface area contributed by atoms with Crippen molar-refractivity contribution >= 4 is 140 Å². The number of esters is 1. The zero-order valence-electron chi connectivity index (χ0n) is 96.3. The van der Waals surface area contributed by atoms with Crippen molar-refractivity contribution in [2.45, 2.75) is 343 Å². The number of hydrogen-bond acceptors (Lipinski definition) is 20. The van der Waals surface area contributed by atoms with Crippen molar-refractivity contribution in [3.8, 4) is 0 Å². The molecule has 0 bridgehead atoms. The van der Waals surface area contributed by atoms with Gasteiger partial charge in [0, 0.05) is 91.3 Å². The third-order valence-electron chi connectivity index (χ3n) is 24.8. The van der Waals surface area contributed by atoms with Gasteiger partial charge >= 0.3 is 32.4 Å². The molecule has 20 nitrogen and oxygen atoms in total. The Morgan fingerprint density at radius 2 is 0.879 bits per heavy atom. The summed E-state index contributed by atoms with van der Waals surface area (Å²) in [6.45, 7) is 44.9. The van der Waals surface area contributed by atoms with Crippen molar-refractivity contribution in [2.75, 3.05) is 53.4 Å². The molecule has 1 unspecified atom stereocenters. The summed E-state index contributed by atoms with van der Waals surface area (Å²) in [6, 6.07) is 54.6. The van der Waals surface area contributed by atoms with Crippen molar-refractivity contribution in [1.82, 2.24) is 0 Å². The van der Waals surface area contributed by atoms with Crippen LogP contribution < -0.4 is 18.9 Å². The summed E-state index contributed by atoms with van der Waals surface area (Å²) in [7, 11) is -10.3. The Morgan fingerprint density at radius 1 is 0.497 bits per heavy atom. The Labute approximate surface area is 949 Å². The number of aliphatic hydroxyl groups excluding tert-OH is 8. The Balaban J connectivity index is 0.000000280. The number of benzene rings is 8. The number of unbranched alkanes of at least 4 members (excludes halogenated alkanes) is 1. The fourth-order valence-electron chi connectivity index (χ4n) is 16.1. The SMILES string of the molecule is C1CCOC1.CCOCC.CC[SiH](CC)CC.C[Si](C)(C)OC[C@H]1OC(=O)[C@H](O[Si](C)(C)C)[C@@H](O[Si](C)(C)C)[C@@H]1O[Si](C)(C)C.FB(F)F.O=C(c1ccc(C2CC2)cc1)c1cc(Br)ccc1Cl.[2H]C([2H])(c1ccc(C2CC2)cc1)c1cc(Br)ccc1Cl.[2H]C([2H])(c1ccc(C2CC2)cc1)c1cc(C2(OC)O[C@H](CO)[C@@H](O)[C@H](O)[C@H]2O)ccc1Cl.[2H]C([2H])(c1ccc(C2CC2)cc1)c1cc([C@@H]2O[C@H](CO)[C@@H](O)[C@H](O)[C@H]2O)ccc1Cl.[CH2-]CCC.[Li+]. The number of rotatable bonds is 32. The number of methoxy groups -OCH3 is 1.